The van der Waals surface area contributed by atoms with Crippen LogP contribution in [0, 0.1) is 0 Å². The van der Waals surface area contributed by atoms with Crippen LogP contribution in [-0.4, -0.2) is 55.2 Å². The lowest BCUT2D eigenvalue weighted by Crippen LogP contribution is -2.35. The van der Waals surface area contributed by atoms with E-state index in [0.717, 1.165) is 28.0 Å². The molecule has 0 saturated carbocycles. The fourth-order valence-corrected chi connectivity index (χ4v) is 5.27. The third-order valence-corrected chi connectivity index (χ3v) is 7.44. The highest BCUT2D eigenvalue weighted by Gasteiger charge is 2.34. The molecule has 0 radical (unpaired) electrons. The van der Waals surface area contributed by atoms with Crippen molar-refractivity contribution >= 4 is 17.8 Å². The summed E-state index contributed by atoms with van der Waals surface area (Å²) in [6, 6.07) is 18.4. The zero-order valence-electron chi connectivity index (χ0n) is 24.2. The van der Waals surface area contributed by atoms with E-state index in [2.05, 4.69) is 5.32 Å². The molecule has 3 aliphatic heterocycles. The molecule has 0 aromatic heterocycles. The summed E-state index contributed by atoms with van der Waals surface area (Å²) in [5.74, 6) is 1.45. The van der Waals surface area contributed by atoms with Gasteiger partial charge in [-0.25, -0.2) is 9.59 Å². The van der Waals surface area contributed by atoms with Gasteiger partial charge in [-0.15, -0.1) is 0 Å². The van der Waals surface area contributed by atoms with E-state index in [0.29, 0.717) is 63.1 Å². The van der Waals surface area contributed by atoms with Gasteiger partial charge >= 0.3 is 12.1 Å². The predicted molar refractivity (Wildman–Crippen MR) is 156 cm³/mol. The van der Waals surface area contributed by atoms with Crippen molar-refractivity contribution in [1.82, 2.24) is 4.90 Å². The minimum absolute atomic E-state index is 0.275. The Morgan fingerprint density at radius 3 is 2.77 bits per heavy atom. The van der Waals surface area contributed by atoms with E-state index in [9.17, 15) is 9.59 Å². The van der Waals surface area contributed by atoms with Crippen molar-refractivity contribution in [1.29, 1.82) is 0 Å². The first-order valence-corrected chi connectivity index (χ1v) is 14.3. The molecule has 3 N–H and O–H groups in total. The largest absolute Gasteiger partial charge is 0.486 e. The molecule has 0 spiro atoms. The maximum Gasteiger partial charge on any atom is 0.410 e. The standard InChI is InChI=1S/C32H35N3O8/c1-32(2)40-17-23-14-22(7-9-26(23)43-32)29-15-35(31(37)42-29)11-10-20-6-8-27-28(13-20)41-25(19-39-27)18-38-16-21-4-3-5-24(12-21)34-30(33)36/h3-9,12-14,25,29H,10-11,15-19H2,1-2H3,(H3,33,34,36)/t25-,29+/m1/s1. The van der Waals surface area contributed by atoms with Crippen molar-refractivity contribution in [3.63, 3.8) is 0 Å². The second-order valence-corrected chi connectivity index (χ2v) is 11.3. The van der Waals surface area contributed by atoms with Gasteiger partial charge in [0.2, 0.25) is 5.79 Å². The average molecular weight is 590 g/mol. The number of primary amides is 1. The normalized spacial score (nSPS) is 20.1. The van der Waals surface area contributed by atoms with Crippen LogP contribution in [0.5, 0.6) is 17.2 Å². The number of amides is 3. The van der Waals surface area contributed by atoms with Crippen molar-refractivity contribution in [2.45, 2.75) is 51.5 Å². The topological polar surface area (TPSA) is 131 Å². The summed E-state index contributed by atoms with van der Waals surface area (Å²) in [6.45, 7) is 6.23. The van der Waals surface area contributed by atoms with Gasteiger partial charge in [0.05, 0.1) is 26.4 Å². The lowest BCUT2D eigenvalue weighted by Gasteiger charge is -2.32. The Morgan fingerprint density at radius 1 is 1.05 bits per heavy atom. The number of anilines is 1. The van der Waals surface area contributed by atoms with E-state index >= 15 is 0 Å². The Hall–Kier alpha value is -4.48. The molecule has 1 saturated heterocycles. The number of cyclic esters (lactones) is 1. The van der Waals surface area contributed by atoms with Gasteiger partial charge in [-0.2, -0.15) is 0 Å². The molecule has 2 atom stereocenters. The quantitative estimate of drug-likeness (QED) is 0.360. The van der Waals surface area contributed by atoms with E-state index in [4.69, 9.17) is 34.2 Å². The monoisotopic (exact) mass is 589 g/mol. The molecule has 3 aromatic carbocycles. The van der Waals surface area contributed by atoms with Crippen molar-refractivity contribution in [2.24, 2.45) is 5.73 Å². The highest BCUT2D eigenvalue weighted by Crippen LogP contribution is 2.36. The SMILES string of the molecule is CC1(C)OCc2cc([C@@H]3CN(CCc4ccc5c(c4)O[C@H](COCc4cccc(NC(N)=O)c4)CO5)C(=O)O3)ccc2O1. The van der Waals surface area contributed by atoms with Gasteiger partial charge < -0.3 is 44.4 Å². The summed E-state index contributed by atoms with van der Waals surface area (Å²) in [7, 11) is 0. The van der Waals surface area contributed by atoms with E-state index in [1.807, 2.05) is 62.4 Å². The van der Waals surface area contributed by atoms with Crippen LogP contribution in [0.2, 0.25) is 0 Å². The zero-order chi connectivity index (χ0) is 30.0. The van der Waals surface area contributed by atoms with Crippen LogP contribution >= 0.6 is 0 Å². The van der Waals surface area contributed by atoms with E-state index in [1.165, 1.54) is 0 Å². The maximum absolute atomic E-state index is 12.7. The molecule has 0 unspecified atom stereocenters. The van der Waals surface area contributed by atoms with Gasteiger partial charge in [-0.3, -0.25) is 0 Å². The van der Waals surface area contributed by atoms with Crippen LogP contribution in [0.25, 0.3) is 0 Å². The summed E-state index contributed by atoms with van der Waals surface area (Å²) in [5.41, 5.74) is 9.58. The van der Waals surface area contributed by atoms with Crippen molar-refractivity contribution in [3.05, 3.63) is 82.9 Å². The number of nitrogens with zero attached hydrogens (tertiary/aromatic N) is 1. The molecule has 3 heterocycles. The summed E-state index contributed by atoms with van der Waals surface area (Å²) < 4.78 is 35.3. The second-order valence-electron chi connectivity index (χ2n) is 11.3. The molecule has 3 amide bonds. The predicted octanol–water partition coefficient (Wildman–Crippen LogP) is 4.91. The minimum Gasteiger partial charge on any atom is -0.486 e. The summed E-state index contributed by atoms with van der Waals surface area (Å²) in [4.78, 5) is 25.5. The number of carbonyl (C=O) groups excluding carboxylic acids is 2. The number of ether oxygens (including phenoxy) is 6. The van der Waals surface area contributed by atoms with Crippen molar-refractivity contribution < 1.29 is 38.0 Å². The number of hydrogen-bond donors (Lipinski definition) is 2. The Bertz CT molecular complexity index is 1510. The van der Waals surface area contributed by atoms with Gasteiger partial charge in [-0.05, 0) is 59.5 Å². The Morgan fingerprint density at radius 2 is 1.91 bits per heavy atom. The molecular formula is C32H35N3O8. The molecular weight excluding hydrogens is 554 g/mol. The van der Waals surface area contributed by atoms with Gasteiger partial charge in [0.25, 0.3) is 0 Å². The summed E-state index contributed by atoms with van der Waals surface area (Å²) >= 11 is 0. The summed E-state index contributed by atoms with van der Waals surface area (Å²) in [5, 5.41) is 2.56. The molecule has 1 fully saturated rings. The Kier molecular flexibility index (Phi) is 8.00. The third-order valence-electron chi connectivity index (χ3n) is 7.44. The molecule has 11 nitrogen and oxygen atoms in total. The number of rotatable bonds is 9. The lowest BCUT2D eigenvalue weighted by molar-refractivity contribution is -0.180. The van der Waals surface area contributed by atoms with E-state index in [1.54, 1.807) is 17.0 Å². The number of carbonyl (C=O) groups is 2. The van der Waals surface area contributed by atoms with Crippen LogP contribution in [0.4, 0.5) is 15.3 Å². The lowest BCUT2D eigenvalue weighted by atomic mass is 10.0. The number of urea groups is 1. The molecule has 3 aliphatic rings. The fraction of sp³-hybridized carbons (Fsp3) is 0.375. The number of hydrogen-bond acceptors (Lipinski definition) is 8. The summed E-state index contributed by atoms with van der Waals surface area (Å²) in [6.07, 6.45) is -0.323. The smallest absolute Gasteiger partial charge is 0.410 e. The Balaban J connectivity index is 0.997. The van der Waals surface area contributed by atoms with Crippen LogP contribution in [0.15, 0.2) is 60.7 Å². The van der Waals surface area contributed by atoms with E-state index in [-0.39, 0.29) is 18.3 Å². The van der Waals surface area contributed by atoms with E-state index < -0.39 is 11.8 Å². The minimum atomic E-state index is -0.659. The van der Waals surface area contributed by atoms with Gasteiger partial charge in [0.1, 0.15) is 18.5 Å². The molecule has 6 rings (SSSR count). The third kappa shape index (κ3) is 6.95. The number of benzene rings is 3. The van der Waals surface area contributed by atoms with Crippen LogP contribution < -0.4 is 25.3 Å². The van der Waals surface area contributed by atoms with Gasteiger partial charge in [0, 0.05) is 31.6 Å². The molecule has 0 aliphatic carbocycles. The highest BCUT2D eigenvalue weighted by molar-refractivity contribution is 5.87. The molecule has 11 heteroatoms. The second kappa shape index (κ2) is 12.0. The van der Waals surface area contributed by atoms with Crippen LogP contribution in [-0.2, 0) is 33.8 Å². The number of nitrogens with one attached hydrogen (secondary N) is 1. The maximum atomic E-state index is 12.7. The Labute approximate surface area is 249 Å². The average Bonchev–Trinajstić information content (AvgIpc) is 3.35. The molecule has 0 bridgehead atoms. The van der Waals surface area contributed by atoms with Gasteiger partial charge in [0.15, 0.2) is 17.6 Å². The van der Waals surface area contributed by atoms with Gasteiger partial charge in [-0.1, -0.05) is 24.3 Å². The van der Waals surface area contributed by atoms with Crippen LogP contribution in [0.1, 0.15) is 42.2 Å². The molecule has 43 heavy (non-hydrogen) atoms. The first kappa shape index (κ1) is 28.6. The van der Waals surface area contributed by atoms with Crippen LogP contribution in [0.3, 0.4) is 0 Å². The first-order valence-electron chi connectivity index (χ1n) is 14.3. The first-order chi connectivity index (χ1) is 20.7. The fourth-order valence-electron chi connectivity index (χ4n) is 5.27. The number of nitrogens with two attached hydrogens (primary N) is 1. The zero-order valence-corrected chi connectivity index (χ0v) is 24.2. The molecule has 3 aromatic rings. The molecule has 226 valence electrons. The van der Waals surface area contributed by atoms with Crippen molar-refractivity contribution in [2.75, 3.05) is 31.6 Å². The number of fused-ring (bicyclic) bond motifs is 2. The highest BCUT2D eigenvalue weighted by atomic mass is 16.7. The van der Waals surface area contributed by atoms with Crippen molar-refractivity contribution in [3.8, 4) is 17.2 Å².